The van der Waals surface area contributed by atoms with E-state index in [0.29, 0.717) is 6.04 Å². The first-order valence-corrected chi connectivity index (χ1v) is 10.2. The monoisotopic (exact) mass is 389 g/mol. The number of fused-ring (bicyclic) bond motifs is 1. The van der Waals surface area contributed by atoms with Gasteiger partial charge in [0.15, 0.2) is 0 Å². The standard InChI is InChI=1S/C24H27N3O2/c1-18-21(27-16-4-3-7-23(27)25-18)14-17-26-15-5-6-22(26)20-11-8-19(9-12-20)10-13-24(28)29-2/h3-4,7-13,16,22H,5-6,14-15,17H2,1-2H3. The van der Waals surface area contributed by atoms with Gasteiger partial charge in [-0.05, 0) is 55.6 Å². The van der Waals surface area contributed by atoms with Gasteiger partial charge in [-0.3, -0.25) is 4.90 Å². The van der Waals surface area contributed by atoms with Gasteiger partial charge in [0.1, 0.15) is 5.65 Å². The quantitative estimate of drug-likeness (QED) is 0.468. The molecule has 5 heteroatoms. The highest BCUT2D eigenvalue weighted by atomic mass is 16.5. The fourth-order valence-corrected chi connectivity index (χ4v) is 4.25. The second-order valence-corrected chi connectivity index (χ2v) is 7.54. The summed E-state index contributed by atoms with van der Waals surface area (Å²) < 4.78 is 6.86. The third-order valence-corrected chi connectivity index (χ3v) is 5.76. The van der Waals surface area contributed by atoms with Crippen LogP contribution in [0.15, 0.2) is 54.7 Å². The van der Waals surface area contributed by atoms with Crippen LogP contribution >= 0.6 is 0 Å². The number of hydrogen-bond acceptors (Lipinski definition) is 4. The number of nitrogens with zero attached hydrogens (tertiary/aromatic N) is 3. The minimum absolute atomic E-state index is 0.335. The highest BCUT2D eigenvalue weighted by Gasteiger charge is 2.26. The van der Waals surface area contributed by atoms with Crippen molar-refractivity contribution < 1.29 is 9.53 Å². The second kappa shape index (κ2) is 8.62. The molecule has 0 aliphatic carbocycles. The zero-order chi connectivity index (χ0) is 20.2. The molecule has 1 aromatic carbocycles. The number of benzene rings is 1. The van der Waals surface area contributed by atoms with Crippen molar-refractivity contribution in [3.8, 4) is 0 Å². The second-order valence-electron chi connectivity index (χ2n) is 7.54. The Morgan fingerprint density at radius 3 is 2.86 bits per heavy atom. The lowest BCUT2D eigenvalue weighted by Gasteiger charge is -2.25. The molecule has 4 rings (SSSR count). The average Bonchev–Trinajstić information content (AvgIpc) is 3.34. The van der Waals surface area contributed by atoms with Gasteiger partial charge in [0.25, 0.3) is 0 Å². The third kappa shape index (κ3) is 4.25. The Balaban J connectivity index is 1.44. The minimum atomic E-state index is -0.335. The summed E-state index contributed by atoms with van der Waals surface area (Å²) in [5.41, 5.74) is 5.79. The van der Waals surface area contributed by atoms with Crippen molar-refractivity contribution in [3.63, 3.8) is 0 Å². The summed E-state index contributed by atoms with van der Waals surface area (Å²) in [5, 5.41) is 0. The van der Waals surface area contributed by atoms with Gasteiger partial charge < -0.3 is 9.14 Å². The van der Waals surface area contributed by atoms with Gasteiger partial charge in [-0.15, -0.1) is 0 Å². The maximum Gasteiger partial charge on any atom is 0.330 e. The Labute approximate surface area is 171 Å². The fraction of sp³-hybridized carbons (Fsp3) is 0.333. The topological polar surface area (TPSA) is 46.8 Å². The molecule has 0 amide bonds. The van der Waals surface area contributed by atoms with Crippen molar-refractivity contribution in [1.82, 2.24) is 14.3 Å². The van der Waals surface area contributed by atoms with Crippen molar-refractivity contribution in [3.05, 3.63) is 77.3 Å². The Kier molecular flexibility index (Phi) is 5.76. The summed E-state index contributed by atoms with van der Waals surface area (Å²) >= 11 is 0. The van der Waals surface area contributed by atoms with Crippen molar-refractivity contribution in [2.24, 2.45) is 0 Å². The third-order valence-electron chi connectivity index (χ3n) is 5.76. The molecule has 1 saturated heterocycles. The number of aromatic nitrogens is 2. The van der Waals surface area contributed by atoms with E-state index >= 15 is 0 Å². The van der Waals surface area contributed by atoms with Crippen LogP contribution in [0.3, 0.4) is 0 Å². The number of hydrogen-bond donors (Lipinski definition) is 0. The first-order valence-electron chi connectivity index (χ1n) is 10.2. The molecule has 0 bridgehead atoms. The molecule has 3 heterocycles. The van der Waals surface area contributed by atoms with Crippen LogP contribution in [0.1, 0.15) is 41.4 Å². The molecule has 3 aromatic rings. The van der Waals surface area contributed by atoms with Gasteiger partial charge in [0.2, 0.25) is 0 Å². The minimum Gasteiger partial charge on any atom is -0.466 e. The molecule has 29 heavy (non-hydrogen) atoms. The molecule has 5 nitrogen and oxygen atoms in total. The maximum atomic E-state index is 11.3. The summed E-state index contributed by atoms with van der Waals surface area (Å²) in [5.74, 6) is -0.335. The van der Waals surface area contributed by atoms with Crippen LogP contribution in [0.2, 0.25) is 0 Å². The molecule has 1 unspecified atom stereocenters. The smallest absolute Gasteiger partial charge is 0.330 e. The Hall–Kier alpha value is -2.92. The van der Waals surface area contributed by atoms with E-state index in [-0.39, 0.29) is 5.97 Å². The van der Waals surface area contributed by atoms with Gasteiger partial charge >= 0.3 is 5.97 Å². The van der Waals surface area contributed by atoms with Crippen molar-refractivity contribution in [2.75, 3.05) is 20.2 Å². The van der Waals surface area contributed by atoms with Crippen LogP contribution in [0.5, 0.6) is 0 Å². The normalized spacial score (nSPS) is 17.4. The van der Waals surface area contributed by atoms with E-state index in [2.05, 4.69) is 68.5 Å². The molecular weight excluding hydrogens is 362 g/mol. The number of methoxy groups -OCH3 is 1. The van der Waals surface area contributed by atoms with Crippen molar-refractivity contribution in [2.45, 2.75) is 32.2 Å². The van der Waals surface area contributed by atoms with E-state index in [1.54, 1.807) is 6.08 Å². The number of ether oxygens (including phenoxy) is 1. The number of rotatable bonds is 6. The molecule has 0 saturated carbocycles. The first-order chi connectivity index (χ1) is 14.2. The van der Waals surface area contributed by atoms with Crippen molar-refractivity contribution >= 4 is 17.7 Å². The molecule has 2 aromatic heterocycles. The van der Waals surface area contributed by atoms with Crippen LogP contribution in [0.4, 0.5) is 0 Å². The SMILES string of the molecule is COC(=O)C=Cc1ccc(C2CCCN2CCc2c(C)nc3ccccn23)cc1. The Morgan fingerprint density at radius 2 is 2.07 bits per heavy atom. The number of likely N-dealkylation sites (tertiary alicyclic amines) is 1. The Bertz CT molecular complexity index is 1020. The van der Waals surface area contributed by atoms with E-state index in [1.165, 1.54) is 37.3 Å². The molecule has 150 valence electrons. The molecule has 1 fully saturated rings. The summed E-state index contributed by atoms with van der Waals surface area (Å²) in [4.78, 5) is 18.5. The molecule has 0 spiro atoms. The molecule has 1 aliphatic rings. The number of imidazole rings is 1. The van der Waals surface area contributed by atoms with Gasteiger partial charge in [0, 0.05) is 37.0 Å². The molecule has 0 N–H and O–H groups in total. The predicted octanol–water partition coefficient (Wildman–Crippen LogP) is 4.21. The fourth-order valence-electron chi connectivity index (χ4n) is 4.25. The lowest BCUT2D eigenvalue weighted by atomic mass is 10.0. The van der Waals surface area contributed by atoms with E-state index in [1.807, 2.05) is 6.07 Å². The van der Waals surface area contributed by atoms with E-state index in [4.69, 9.17) is 0 Å². The lowest BCUT2D eigenvalue weighted by Crippen LogP contribution is -2.26. The average molecular weight is 389 g/mol. The summed E-state index contributed by atoms with van der Waals surface area (Å²) in [6.45, 7) is 4.26. The van der Waals surface area contributed by atoms with Gasteiger partial charge in [-0.2, -0.15) is 0 Å². The molecule has 1 aliphatic heterocycles. The number of carbonyl (C=O) groups is 1. The molecule has 0 radical (unpaired) electrons. The predicted molar refractivity (Wildman–Crippen MR) is 115 cm³/mol. The summed E-state index contributed by atoms with van der Waals surface area (Å²) in [7, 11) is 1.39. The lowest BCUT2D eigenvalue weighted by molar-refractivity contribution is -0.134. The number of carbonyl (C=O) groups excluding carboxylic acids is 1. The summed E-state index contributed by atoms with van der Waals surface area (Å²) in [6, 6.07) is 15.1. The van der Waals surface area contributed by atoms with Gasteiger partial charge in [0.05, 0.1) is 12.8 Å². The van der Waals surface area contributed by atoms with Crippen LogP contribution in [-0.4, -0.2) is 40.5 Å². The number of pyridine rings is 1. The van der Waals surface area contributed by atoms with Crippen LogP contribution in [0.25, 0.3) is 11.7 Å². The van der Waals surface area contributed by atoms with Gasteiger partial charge in [-0.25, -0.2) is 9.78 Å². The zero-order valence-corrected chi connectivity index (χ0v) is 17.0. The maximum absolute atomic E-state index is 11.3. The summed E-state index contributed by atoms with van der Waals surface area (Å²) in [6.07, 6.45) is 8.75. The van der Waals surface area contributed by atoms with E-state index in [0.717, 1.165) is 36.4 Å². The van der Waals surface area contributed by atoms with Crippen LogP contribution < -0.4 is 0 Å². The molecular formula is C24H27N3O2. The highest BCUT2D eigenvalue weighted by Crippen LogP contribution is 2.32. The zero-order valence-electron chi connectivity index (χ0n) is 17.0. The van der Waals surface area contributed by atoms with Crippen LogP contribution in [0, 0.1) is 6.92 Å². The van der Waals surface area contributed by atoms with Gasteiger partial charge in [-0.1, -0.05) is 30.3 Å². The number of aryl methyl sites for hydroxylation is 1. The largest absolute Gasteiger partial charge is 0.466 e. The van der Waals surface area contributed by atoms with Crippen LogP contribution in [-0.2, 0) is 16.0 Å². The van der Waals surface area contributed by atoms with Crippen molar-refractivity contribution in [1.29, 1.82) is 0 Å². The Morgan fingerprint density at radius 1 is 1.24 bits per heavy atom. The van der Waals surface area contributed by atoms with E-state index in [9.17, 15) is 4.79 Å². The molecule has 1 atom stereocenters. The number of esters is 1. The van der Waals surface area contributed by atoms with E-state index < -0.39 is 0 Å². The first kappa shape index (κ1) is 19.4. The highest BCUT2D eigenvalue weighted by molar-refractivity contribution is 5.86.